The van der Waals surface area contributed by atoms with E-state index in [1.165, 1.54) is 24.9 Å². The second-order valence-electron chi connectivity index (χ2n) is 4.25. The zero-order valence-corrected chi connectivity index (χ0v) is 8.87. The molecule has 0 heterocycles. The third-order valence-corrected chi connectivity index (χ3v) is 3.19. The Morgan fingerprint density at radius 3 is 2.57 bits per heavy atom. The van der Waals surface area contributed by atoms with Crippen molar-refractivity contribution < 1.29 is 0 Å². The van der Waals surface area contributed by atoms with Crippen LogP contribution in [0.1, 0.15) is 31.2 Å². The number of rotatable bonds is 4. The summed E-state index contributed by atoms with van der Waals surface area (Å²) in [6.45, 7) is 4.49. The fourth-order valence-corrected chi connectivity index (χ4v) is 2.25. The quantitative estimate of drug-likeness (QED) is 0.768. The SMILES string of the molecule is CCNCC1CC(c2ccccc2)C1. The van der Waals surface area contributed by atoms with Crippen LogP contribution in [0.25, 0.3) is 0 Å². The van der Waals surface area contributed by atoms with Crippen LogP contribution >= 0.6 is 0 Å². The lowest BCUT2D eigenvalue weighted by molar-refractivity contribution is 0.256. The Morgan fingerprint density at radius 2 is 1.93 bits per heavy atom. The van der Waals surface area contributed by atoms with Crippen molar-refractivity contribution in [2.75, 3.05) is 13.1 Å². The van der Waals surface area contributed by atoms with Crippen molar-refractivity contribution in [1.29, 1.82) is 0 Å². The Labute approximate surface area is 86.5 Å². The van der Waals surface area contributed by atoms with Gasteiger partial charge in [0.05, 0.1) is 0 Å². The molecule has 0 unspecified atom stereocenters. The minimum Gasteiger partial charge on any atom is -0.317 e. The average Bonchev–Trinajstić information content (AvgIpc) is 2.17. The van der Waals surface area contributed by atoms with Crippen LogP contribution in [-0.2, 0) is 0 Å². The molecule has 76 valence electrons. The molecule has 1 aromatic carbocycles. The fraction of sp³-hybridized carbons (Fsp3) is 0.538. The van der Waals surface area contributed by atoms with Crippen LogP contribution in [0.4, 0.5) is 0 Å². The highest BCUT2D eigenvalue weighted by Crippen LogP contribution is 2.40. The van der Waals surface area contributed by atoms with Crippen LogP contribution in [0.15, 0.2) is 30.3 Å². The molecular formula is C13H19N. The maximum Gasteiger partial charge on any atom is -0.00202 e. The summed E-state index contributed by atoms with van der Waals surface area (Å²) in [4.78, 5) is 0. The van der Waals surface area contributed by atoms with E-state index >= 15 is 0 Å². The van der Waals surface area contributed by atoms with Crippen LogP contribution in [0.5, 0.6) is 0 Å². The first-order chi connectivity index (χ1) is 6.90. The Balaban J connectivity index is 1.78. The Kier molecular flexibility index (Phi) is 3.20. The van der Waals surface area contributed by atoms with Gasteiger partial charge >= 0.3 is 0 Å². The Morgan fingerprint density at radius 1 is 1.21 bits per heavy atom. The van der Waals surface area contributed by atoms with Crippen molar-refractivity contribution in [1.82, 2.24) is 5.32 Å². The summed E-state index contributed by atoms with van der Waals surface area (Å²) in [5.74, 6) is 1.75. The summed E-state index contributed by atoms with van der Waals surface area (Å²) in [6, 6.07) is 10.9. The van der Waals surface area contributed by atoms with E-state index in [9.17, 15) is 0 Å². The normalized spacial score (nSPS) is 25.8. The molecule has 0 spiro atoms. The smallest absolute Gasteiger partial charge is 0.00202 e. The highest BCUT2D eigenvalue weighted by atomic mass is 14.8. The molecule has 0 aliphatic heterocycles. The van der Waals surface area contributed by atoms with E-state index < -0.39 is 0 Å². The molecule has 1 aliphatic carbocycles. The molecule has 1 aliphatic rings. The minimum absolute atomic E-state index is 0.833. The predicted molar refractivity (Wildman–Crippen MR) is 60.5 cm³/mol. The van der Waals surface area contributed by atoms with Gasteiger partial charge in [0, 0.05) is 0 Å². The standard InChI is InChI=1S/C13H19N/c1-2-14-10-11-8-13(9-11)12-6-4-3-5-7-12/h3-7,11,13-14H,2,8-10H2,1H3. The van der Waals surface area contributed by atoms with E-state index in [0.717, 1.165) is 18.4 Å². The molecule has 0 saturated heterocycles. The lowest BCUT2D eigenvalue weighted by Crippen LogP contribution is -2.31. The largest absolute Gasteiger partial charge is 0.317 e. The molecule has 1 saturated carbocycles. The average molecular weight is 189 g/mol. The second-order valence-corrected chi connectivity index (χ2v) is 4.25. The van der Waals surface area contributed by atoms with E-state index in [1.807, 2.05) is 0 Å². The van der Waals surface area contributed by atoms with Crippen LogP contribution in [0, 0.1) is 5.92 Å². The van der Waals surface area contributed by atoms with Crippen molar-refractivity contribution in [3.8, 4) is 0 Å². The third-order valence-electron chi connectivity index (χ3n) is 3.19. The monoisotopic (exact) mass is 189 g/mol. The van der Waals surface area contributed by atoms with Crippen LogP contribution in [0.2, 0.25) is 0 Å². The van der Waals surface area contributed by atoms with Gasteiger partial charge in [-0.05, 0) is 43.3 Å². The molecule has 1 N–H and O–H groups in total. The number of nitrogens with one attached hydrogen (secondary N) is 1. The molecule has 0 bridgehead atoms. The number of hydrogen-bond acceptors (Lipinski definition) is 1. The first-order valence-corrected chi connectivity index (χ1v) is 5.65. The highest BCUT2D eigenvalue weighted by molar-refractivity contribution is 5.21. The molecule has 0 radical (unpaired) electrons. The first kappa shape index (κ1) is 9.72. The summed E-state index contributed by atoms with van der Waals surface area (Å²) in [5.41, 5.74) is 1.53. The van der Waals surface area contributed by atoms with E-state index in [4.69, 9.17) is 0 Å². The molecule has 14 heavy (non-hydrogen) atoms. The lowest BCUT2D eigenvalue weighted by atomic mass is 9.71. The van der Waals surface area contributed by atoms with Crippen molar-refractivity contribution in [2.24, 2.45) is 5.92 Å². The van der Waals surface area contributed by atoms with Gasteiger partial charge in [-0.3, -0.25) is 0 Å². The topological polar surface area (TPSA) is 12.0 Å². The summed E-state index contributed by atoms with van der Waals surface area (Å²) < 4.78 is 0. The van der Waals surface area contributed by atoms with Gasteiger partial charge < -0.3 is 5.32 Å². The van der Waals surface area contributed by atoms with Gasteiger partial charge in [-0.1, -0.05) is 37.3 Å². The molecule has 0 aromatic heterocycles. The molecule has 1 fully saturated rings. The molecule has 0 amide bonds. The van der Waals surface area contributed by atoms with Crippen LogP contribution < -0.4 is 5.32 Å². The van der Waals surface area contributed by atoms with E-state index in [-0.39, 0.29) is 0 Å². The van der Waals surface area contributed by atoms with E-state index in [2.05, 4.69) is 42.6 Å². The fourth-order valence-electron chi connectivity index (χ4n) is 2.25. The predicted octanol–water partition coefficient (Wildman–Crippen LogP) is 2.79. The zero-order valence-electron chi connectivity index (χ0n) is 8.87. The molecule has 1 nitrogen and oxygen atoms in total. The molecular weight excluding hydrogens is 170 g/mol. The number of benzene rings is 1. The second kappa shape index (κ2) is 4.61. The van der Waals surface area contributed by atoms with E-state index in [1.54, 1.807) is 0 Å². The van der Waals surface area contributed by atoms with Gasteiger partial charge in [0.1, 0.15) is 0 Å². The minimum atomic E-state index is 0.833. The van der Waals surface area contributed by atoms with Crippen molar-refractivity contribution in [3.05, 3.63) is 35.9 Å². The molecule has 2 rings (SSSR count). The third kappa shape index (κ3) is 2.16. The summed E-state index contributed by atoms with van der Waals surface area (Å²) in [6.07, 6.45) is 2.74. The Hall–Kier alpha value is -0.820. The zero-order chi connectivity index (χ0) is 9.80. The van der Waals surface area contributed by atoms with Crippen LogP contribution in [0.3, 0.4) is 0 Å². The molecule has 0 atom stereocenters. The molecule has 1 heteroatoms. The summed E-state index contributed by atoms with van der Waals surface area (Å²) in [5, 5.41) is 3.42. The van der Waals surface area contributed by atoms with Gasteiger partial charge in [0.2, 0.25) is 0 Å². The number of hydrogen-bond donors (Lipinski definition) is 1. The van der Waals surface area contributed by atoms with Gasteiger partial charge in [0.25, 0.3) is 0 Å². The maximum absolute atomic E-state index is 3.42. The lowest BCUT2D eigenvalue weighted by Gasteiger charge is -2.35. The van der Waals surface area contributed by atoms with Gasteiger partial charge in [-0.25, -0.2) is 0 Å². The van der Waals surface area contributed by atoms with E-state index in [0.29, 0.717) is 0 Å². The van der Waals surface area contributed by atoms with Crippen molar-refractivity contribution in [3.63, 3.8) is 0 Å². The van der Waals surface area contributed by atoms with Gasteiger partial charge in [0.15, 0.2) is 0 Å². The van der Waals surface area contributed by atoms with Crippen molar-refractivity contribution in [2.45, 2.75) is 25.7 Å². The molecule has 1 aromatic rings. The Bertz CT molecular complexity index is 262. The van der Waals surface area contributed by atoms with Crippen LogP contribution in [-0.4, -0.2) is 13.1 Å². The first-order valence-electron chi connectivity index (χ1n) is 5.65. The maximum atomic E-state index is 3.42. The highest BCUT2D eigenvalue weighted by Gasteiger charge is 2.29. The van der Waals surface area contributed by atoms with Gasteiger partial charge in [-0.15, -0.1) is 0 Å². The van der Waals surface area contributed by atoms with Gasteiger partial charge in [-0.2, -0.15) is 0 Å². The summed E-state index contributed by atoms with van der Waals surface area (Å²) >= 11 is 0. The summed E-state index contributed by atoms with van der Waals surface area (Å²) in [7, 11) is 0. The van der Waals surface area contributed by atoms with Crippen molar-refractivity contribution >= 4 is 0 Å².